The lowest BCUT2D eigenvalue weighted by molar-refractivity contribution is 0.238. The lowest BCUT2D eigenvalue weighted by Gasteiger charge is -2.40. The van der Waals surface area contributed by atoms with Gasteiger partial charge in [0.15, 0.2) is 0 Å². The number of hydrogen-bond acceptors (Lipinski definition) is 3. The average Bonchev–Trinajstić information content (AvgIpc) is 2.46. The van der Waals surface area contributed by atoms with Gasteiger partial charge in [-0.15, -0.1) is 0 Å². The molecule has 2 rings (SSSR count). The van der Waals surface area contributed by atoms with Gasteiger partial charge < -0.3 is 10.2 Å². The van der Waals surface area contributed by atoms with E-state index in [2.05, 4.69) is 49.0 Å². The molecule has 1 aliphatic rings. The van der Waals surface area contributed by atoms with Crippen LogP contribution in [-0.2, 0) is 6.54 Å². The van der Waals surface area contributed by atoms with Crippen LogP contribution in [0.5, 0.6) is 0 Å². The summed E-state index contributed by atoms with van der Waals surface area (Å²) in [6.45, 7) is 12.4. The molecule has 3 nitrogen and oxygen atoms in total. The van der Waals surface area contributed by atoms with Crippen LogP contribution in [-0.4, -0.2) is 24.1 Å². The minimum Gasteiger partial charge on any atom is -0.371 e. The van der Waals surface area contributed by atoms with Gasteiger partial charge in [0, 0.05) is 49.3 Å². The molecule has 0 bridgehead atoms. The molecule has 0 saturated carbocycles. The number of pyridine rings is 1. The van der Waals surface area contributed by atoms with Gasteiger partial charge in [0.1, 0.15) is 0 Å². The third-order valence-electron chi connectivity index (χ3n) is 4.74. The molecule has 2 heterocycles. The second kappa shape index (κ2) is 6.57. The first kappa shape index (κ1) is 15.3. The number of hydrogen-bond donors (Lipinski definition) is 1. The predicted octanol–water partition coefficient (Wildman–Crippen LogP) is 3.60. The number of anilines is 1. The Morgan fingerprint density at radius 1 is 1.35 bits per heavy atom. The molecule has 1 saturated heterocycles. The van der Waals surface area contributed by atoms with Crippen molar-refractivity contribution in [2.75, 3.05) is 18.0 Å². The molecule has 0 aliphatic carbocycles. The molecule has 0 aromatic carbocycles. The highest BCUT2D eigenvalue weighted by Gasteiger charge is 2.28. The van der Waals surface area contributed by atoms with Crippen LogP contribution in [0.1, 0.15) is 52.5 Å². The van der Waals surface area contributed by atoms with Crippen LogP contribution in [0.2, 0.25) is 0 Å². The molecule has 0 atom stereocenters. The number of rotatable bonds is 5. The summed E-state index contributed by atoms with van der Waals surface area (Å²) in [5.74, 6) is 0. The van der Waals surface area contributed by atoms with E-state index in [9.17, 15) is 0 Å². The van der Waals surface area contributed by atoms with Crippen molar-refractivity contribution in [2.45, 2.75) is 59.5 Å². The van der Waals surface area contributed by atoms with E-state index in [-0.39, 0.29) is 0 Å². The minimum absolute atomic E-state index is 0.507. The second-order valence-corrected chi connectivity index (χ2v) is 6.69. The lowest BCUT2D eigenvalue weighted by Crippen LogP contribution is -2.39. The normalized spacial score (nSPS) is 18.6. The van der Waals surface area contributed by atoms with Crippen molar-refractivity contribution in [1.82, 2.24) is 10.3 Å². The molecule has 3 heteroatoms. The fourth-order valence-electron chi connectivity index (χ4n) is 2.82. The molecule has 20 heavy (non-hydrogen) atoms. The van der Waals surface area contributed by atoms with Gasteiger partial charge in [0.05, 0.1) is 0 Å². The maximum absolute atomic E-state index is 4.30. The van der Waals surface area contributed by atoms with Gasteiger partial charge in [0.25, 0.3) is 0 Å². The Balaban J connectivity index is 2.06. The van der Waals surface area contributed by atoms with E-state index < -0.39 is 0 Å². The van der Waals surface area contributed by atoms with Crippen LogP contribution in [0.25, 0.3) is 0 Å². The van der Waals surface area contributed by atoms with Crippen LogP contribution in [0, 0.1) is 5.41 Å². The fourth-order valence-corrected chi connectivity index (χ4v) is 2.82. The highest BCUT2D eigenvalue weighted by atomic mass is 15.1. The third kappa shape index (κ3) is 3.72. The average molecular weight is 275 g/mol. The van der Waals surface area contributed by atoms with E-state index in [0.717, 1.165) is 6.54 Å². The molecule has 0 amide bonds. The zero-order valence-electron chi connectivity index (χ0n) is 13.4. The Morgan fingerprint density at radius 2 is 2.05 bits per heavy atom. The number of nitrogens with zero attached hydrogens (tertiary/aromatic N) is 2. The third-order valence-corrected chi connectivity index (χ3v) is 4.74. The molecule has 0 spiro atoms. The first-order valence-corrected chi connectivity index (χ1v) is 7.95. The van der Waals surface area contributed by atoms with Gasteiger partial charge >= 0.3 is 0 Å². The van der Waals surface area contributed by atoms with Gasteiger partial charge in [-0.25, -0.2) is 0 Å². The van der Waals surface area contributed by atoms with Crippen molar-refractivity contribution in [3.63, 3.8) is 0 Å². The molecule has 1 aromatic heterocycles. The van der Waals surface area contributed by atoms with E-state index in [0.29, 0.717) is 11.5 Å². The molecule has 0 radical (unpaired) electrons. The van der Waals surface area contributed by atoms with Gasteiger partial charge in [-0.1, -0.05) is 34.1 Å². The molecular weight excluding hydrogens is 246 g/mol. The van der Waals surface area contributed by atoms with Crippen LogP contribution in [0.15, 0.2) is 18.5 Å². The second-order valence-electron chi connectivity index (χ2n) is 6.69. The Labute approximate surface area is 123 Å². The van der Waals surface area contributed by atoms with Crippen LogP contribution < -0.4 is 10.2 Å². The maximum Gasteiger partial charge on any atom is 0.0442 e. The van der Waals surface area contributed by atoms with Gasteiger partial charge in [0.2, 0.25) is 0 Å². The summed E-state index contributed by atoms with van der Waals surface area (Å²) in [4.78, 5) is 6.83. The lowest BCUT2D eigenvalue weighted by atomic mass is 9.78. The maximum atomic E-state index is 4.30. The first-order chi connectivity index (χ1) is 9.54. The summed E-state index contributed by atoms with van der Waals surface area (Å²) in [7, 11) is 0. The SMILES string of the molecule is CCC1(C)CCN(c2ccncc2CNC(C)C)CC1. The van der Waals surface area contributed by atoms with Crippen LogP contribution in [0.4, 0.5) is 5.69 Å². The van der Waals surface area contributed by atoms with Crippen molar-refractivity contribution in [3.05, 3.63) is 24.0 Å². The smallest absolute Gasteiger partial charge is 0.0442 e. The highest BCUT2D eigenvalue weighted by Crippen LogP contribution is 2.36. The summed E-state index contributed by atoms with van der Waals surface area (Å²) in [5.41, 5.74) is 3.23. The van der Waals surface area contributed by atoms with Gasteiger partial charge in [-0.05, 0) is 24.3 Å². The summed E-state index contributed by atoms with van der Waals surface area (Å²) in [6, 6.07) is 2.68. The zero-order valence-corrected chi connectivity index (χ0v) is 13.4. The summed E-state index contributed by atoms with van der Waals surface area (Å²) in [6.07, 6.45) is 7.81. The molecule has 1 aromatic rings. The Kier molecular flexibility index (Phi) is 5.03. The molecular formula is C17H29N3. The van der Waals surface area contributed by atoms with Crippen molar-refractivity contribution < 1.29 is 0 Å². The summed E-state index contributed by atoms with van der Waals surface area (Å²) < 4.78 is 0. The fraction of sp³-hybridized carbons (Fsp3) is 0.706. The van der Waals surface area contributed by atoms with E-state index in [1.807, 2.05) is 12.4 Å². The molecule has 1 N–H and O–H groups in total. The summed E-state index contributed by atoms with van der Waals surface area (Å²) in [5, 5.41) is 3.50. The first-order valence-electron chi connectivity index (χ1n) is 7.95. The van der Waals surface area contributed by atoms with Crippen molar-refractivity contribution in [3.8, 4) is 0 Å². The van der Waals surface area contributed by atoms with E-state index in [1.165, 1.54) is 43.6 Å². The Hall–Kier alpha value is -1.09. The van der Waals surface area contributed by atoms with Gasteiger partial charge in [-0.3, -0.25) is 4.98 Å². The zero-order chi connectivity index (χ0) is 14.6. The van der Waals surface area contributed by atoms with Crippen LogP contribution >= 0.6 is 0 Å². The molecule has 1 fully saturated rings. The van der Waals surface area contributed by atoms with Gasteiger partial charge in [-0.2, -0.15) is 0 Å². The predicted molar refractivity (Wildman–Crippen MR) is 86.1 cm³/mol. The molecule has 0 unspecified atom stereocenters. The van der Waals surface area contributed by atoms with Crippen molar-refractivity contribution >= 4 is 5.69 Å². The monoisotopic (exact) mass is 275 g/mol. The van der Waals surface area contributed by atoms with Crippen molar-refractivity contribution in [1.29, 1.82) is 0 Å². The van der Waals surface area contributed by atoms with E-state index in [4.69, 9.17) is 0 Å². The highest BCUT2D eigenvalue weighted by molar-refractivity contribution is 5.52. The van der Waals surface area contributed by atoms with E-state index >= 15 is 0 Å². The van der Waals surface area contributed by atoms with E-state index in [1.54, 1.807) is 0 Å². The number of aromatic nitrogens is 1. The quantitative estimate of drug-likeness (QED) is 0.890. The molecule has 1 aliphatic heterocycles. The van der Waals surface area contributed by atoms with Crippen molar-refractivity contribution in [2.24, 2.45) is 5.41 Å². The number of nitrogens with one attached hydrogen (secondary N) is 1. The number of piperidine rings is 1. The Bertz CT molecular complexity index is 420. The summed E-state index contributed by atoms with van der Waals surface area (Å²) >= 11 is 0. The minimum atomic E-state index is 0.507. The van der Waals surface area contributed by atoms with Crippen LogP contribution in [0.3, 0.4) is 0 Å². The standard InChI is InChI=1S/C17H29N3/c1-5-17(4)7-10-20(11-8-17)16-6-9-18-12-15(16)13-19-14(2)3/h6,9,12,14,19H,5,7-8,10-11,13H2,1-4H3. The largest absolute Gasteiger partial charge is 0.371 e. The Morgan fingerprint density at radius 3 is 2.65 bits per heavy atom. The molecule has 112 valence electrons. The topological polar surface area (TPSA) is 28.2 Å².